The number of carbonyl (C=O) groups is 2. The first-order chi connectivity index (χ1) is 16.3. The number of imidazole rings is 1. The van der Waals surface area contributed by atoms with Gasteiger partial charge in [-0.1, -0.05) is 42.5 Å². The predicted octanol–water partition coefficient (Wildman–Crippen LogP) is 4.51. The summed E-state index contributed by atoms with van der Waals surface area (Å²) in [6, 6.07) is 21.4. The Bertz CT molecular complexity index is 1310. The van der Waals surface area contributed by atoms with Gasteiger partial charge in [0.1, 0.15) is 11.5 Å². The molecule has 2 amide bonds. The molecule has 0 aliphatic heterocycles. The molecule has 1 N–H and O–H groups in total. The van der Waals surface area contributed by atoms with E-state index in [1.807, 2.05) is 98.3 Å². The molecule has 0 unspecified atom stereocenters. The van der Waals surface area contributed by atoms with Gasteiger partial charge in [-0.25, -0.2) is 4.98 Å². The Balaban J connectivity index is 1.56. The zero-order chi connectivity index (χ0) is 24.2. The summed E-state index contributed by atoms with van der Waals surface area (Å²) in [4.78, 5) is 32.9. The van der Waals surface area contributed by atoms with Crippen LogP contribution in [0.1, 0.15) is 34.1 Å². The SMILES string of the molecule is CC(=O)Nc1ccc(CN(C)c2c(C)nc3ccc(C(=O)N(C)Cc4ccccc4)cn23)cc1. The number of benzene rings is 2. The fourth-order valence-corrected chi connectivity index (χ4v) is 4.13. The summed E-state index contributed by atoms with van der Waals surface area (Å²) in [6.45, 7) is 4.67. The number of aromatic nitrogens is 2. The number of hydrogen-bond donors (Lipinski definition) is 1. The van der Waals surface area contributed by atoms with Crippen LogP contribution in [0, 0.1) is 6.92 Å². The fourth-order valence-electron chi connectivity index (χ4n) is 4.13. The molecule has 0 aliphatic rings. The van der Waals surface area contributed by atoms with Gasteiger partial charge < -0.3 is 15.1 Å². The van der Waals surface area contributed by atoms with E-state index >= 15 is 0 Å². The maximum Gasteiger partial charge on any atom is 0.255 e. The molecule has 174 valence electrons. The maximum atomic E-state index is 13.1. The Morgan fingerprint density at radius 2 is 1.59 bits per heavy atom. The first-order valence-corrected chi connectivity index (χ1v) is 11.2. The van der Waals surface area contributed by atoms with E-state index < -0.39 is 0 Å². The third kappa shape index (κ3) is 5.09. The summed E-state index contributed by atoms with van der Waals surface area (Å²) in [7, 11) is 3.82. The summed E-state index contributed by atoms with van der Waals surface area (Å²) in [5, 5.41) is 2.78. The fraction of sp³-hybridized carbons (Fsp3) is 0.222. The molecule has 34 heavy (non-hydrogen) atoms. The van der Waals surface area contributed by atoms with Crippen LogP contribution in [0.5, 0.6) is 0 Å². The zero-order valence-electron chi connectivity index (χ0n) is 19.9. The van der Waals surface area contributed by atoms with Crippen LogP contribution in [-0.2, 0) is 17.9 Å². The van der Waals surface area contributed by atoms with Crippen molar-refractivity contribution in [2.24, 2.45) is 0 Å². The van der Waals surface area contributed by atoms with Gasteiger partial charge in [0.05, 0.1) is 11.3 Å². The van der Waals surface area contributed by atoms with Crippen molar-refractivity contribution < 1.29 is 9.59 Å². The third-order valence-electron chi connectivity index (χ3n) is 5.67. The van der Waals surface area contributed by atoms with Crippen molar-refractivity contribution in [3.63, 3.8) is 0 Å². The molecule has 0 radical (unpaired) electrons. The molecule has 2 heterocycles. The van der Waals surface area contributed by atoms with Gasteiger partial charge in [-0.05, 0) is 42.3 Å². The largest absolute Gasteiger partial charge is 0.355 e. The Morgan fingerprint density at radius 3 is 2.26 bits per heavy atom. The lowest BCUT2D eigenvalue weighted by molar-refractivity contribution is -0.114. The second kappa shape index (κ2) is 9.79. The van der Waals surface area contributed by atoms with Crippen molar-refractivity contribution in [1.29, 1.82) is 0 Å². The molecule has 0 aliphatic carbocycles. The number of aryl methyl sites for hydroxylation is 1. The molecule has 4 aromatic rings. The summed E-state index contributed by atoms with van der Waals surface area (Å²) < 4.78 is 1.98. The minimum atomic E-state index is -0.0917. The molecule has 7 heteroatoms. The van der Waals surface area contributed by atoms with Crippen molar-refractivity contribution in [2.75, 3.05) is 24.3 Å². The van der Waals surface area contributed by atoms with Crippen molar-refractivity contribution in [3.05, 3.63) is 95.3 Å². The summed E-state index contributed by atoms with van der Waals surface area (Å²) in [5.74, 6) is 0.798. The molecular weight excluding hydrogens is 426 g/mol. The summed E-state index contributed by atoms with van der Waals surface area (Å²) >= 11 is 0. The molecule has 0 saturated carbocycles. The van der Waals surface area contributed by atoms with E-state index in [0.717, 1.165) is 34.0 Å². The van der Waals surface area contributed by atoms with E-state index in [1.54, 1.807) is 4.90 Å². The molecular formula is C27H29N5O2. The van der Waals surface area contributed by atoms with Crippen molar-refractivity contribution in [2.45, 2.75) is 26.9 Å². The minimum Gasteiger partial charge on any atom is -0.355 e. The van der Waals surface area contributed by atoms with Gasteiger partial charge in [0, 0.05) is 46.0 Å². The van der Waals surface area contributed by atoms with Gasteiger partial charge in [0.2, 0.25) is 5.91 Å². The molecule has 0 atom stereocenters. The number of nitrogens with zero attached hydrogens (tertiary/aromatic N) is 4. The average molecular weight is 456 g/mol. The van der Waals surface area contributed by atoms with Crippen LogP contribution in [0.25, 0.3) is 5.65 Å². The number of pyridine rings is 1. The Hall–Kier alpha value is -4.13. The van der Waals surface area contributed by atoms with Gasteiger partial charge >= 0.3 is 0 Å². The number of carbonyl (C=O) groups excluding carboxylic acids is 2. The first kappa shape index (κ1) is 23.0. The van der Waals surface area contributed by atoms with Gasteiger partial charge in [0.25, 0.3) is 5.91 Å². The standard InChI is InChI=1S/C27H29N5O2/c1-19-26(30(3)16-22-10-13-24(14-11-22)29-20(2)33)32-18-23(12-15-25(32)28-19)27(34)31(4)17-21-8-6-5-7-9-21/h5-15,18H,16-17H2,1-4H3,(H,29,33). The van der Waals surface area contributed by atoms with E-state index in [9.17, 15) is 9.59 Å². The number of rotatable bonds is 7. The van der Waals surface area contributed by atoms with E-state index in [4.69, 9.17) is 0 Å². The van der Waals surface area contributed by atoms with Crippen LogP contribution in [0.3, 0.4) is 0 Å². The summed E-state index contributed by atoms with van der Waals surface area (Å²) in [6.07, 6.45) is 1.87. The number of amides is 2. The van der Waals surface area contributed by atoms with Gasteiger partial charge in [-0.15, -0.1) is 0 Å². The minimum absolute atomic E-state index is 0.0423. The molecule has 0 spiro atoms. The van der Waals surface area contributed by atoms with E-state index in [-0.39, 0.29) is 11.8 Å². The van der Waals surface area contributed by atoms with Crippen LogP contribution < -0.4 is 10.2 Å². The van der Waals surface area contributed by atoms with Crippen LogP contribution in [-0.4, -0.2) is 40.2 Å². The van der Waals surface area contributed by atoms with E-state index in [2.05, 4.69) is 15.2 Å². The molecule has 0 saturated heterocycles. The average Bonchev–Trinajstić information content (AvgIpc) is 3.15. The molecule has 2 aromatic carbocycles. The topological polar surface area (TPSA) is 70.0 Å². The monoisotopic (exact) mass is 455 g/mol. The highest BCUT2D eigenvalue weighted by Gasteiger charge is 2.17. The highest BCUT2D eigenvalue weighted by Crippen LogP contribution is 2.24. The van der Waals surface area contributed by atoms with Crippen molar-refractivity contribution in [1.82, 2.24) is 14.3 Å². The number of nitrogens with one attached hydrogen (secondary N) is 1. The number of hydrogen-bond acceptors (Lipinski definition) is 4. The molecule has 0 bridgehead atoms. The Morgan fingerprint density at radius 1 is 0.912 bits per heavy atom. The van der Waals surface area contributed by atoms with Crippen LogP contribution >= 0.6 is 0 Å². The van der Waals surface area contributed by atoms with Crippen LogP contribution in [0.2, 0.25) is 0 Å². The first-order valence-electron chi connectivity index (χ1n) is 11.2. The normalized spacial score (nSPS) is 10.8. The van der Waals surface area contributed by atoms with Gasteiger partial charge in [-0.2, -0.15) is 0 Å². The number of anilines is 2. The van der Waals surface area contributed by atoms with Crippen LogP contribution in [0.15, 0.2) is 72.9 Å². The summed E-state index contributed by atoms with van der Waals surface area (Å²) in [5.41, 5.74) is 5.25. The number of fused-ring (bicyclic) bond motifs is 1. The Labute approximate surface area is 199 Å². The van der Waals surface area contributed by atoms with E-state index in [1.165, 1.54) is 6.92 Å². The molecule has 4 rings (SSSR count). The predicted molar refractivity (Wildman–Crippen MR) is 135 cm³/mol. The molecule has 2 aromatic heterocycles. The maximum absolute atomic E-state index is 13.1. The van der Waals surface area contributed by atoms with Gasteiger partial charge in [0.15, 0.2) is 0 Å². The lowest BCUT2D eigenvalue weighted by Crippen LogP contribution is -2.26. The Kier molecular flexibility index (Phi) is 6.63. The highest BCUT2D eigenvalue weighted by atomic mass is 16.2. The third-order valence-corrected chi connectivity index (χ3v) is 5.67. The lowest BCUT2D eigenvalue weighted by atomic mass is 10.2. The second-order valence-corrected chi connectivity index (χ2v) is 8.55. The molecule has 7 nitrogen and oxygen atoms in total. The van der Waals surface area contributed by atoms with E-state index in [0.29, 0.717) is 18.7 Å². The van der Waals surface area contributed by atoms with Gasteiger partial charge in [-0.3, -0.25) is 14.0 Å². The lowest BCUT2D eigenvalue weighted by Gasteiger charge is -2.21. The van der Waals surface area contributed by atoms with Crippen LogP contribution in [0.4, 0.5) is 11.5 Å². The second-order valence-electron chi connectivity index (χ2n) is 8.55. The zero-order valence-corrected chi connectivity index (χ0v) is 19.9. The molecule has 0 fully saturated rings. The quantitative estimate of drug-likeness (QED) is 0.445. The smallest absolute Gasteiger partial charge is 0.255 e. The van der Waals surface area contributed by atoms with Crippen molar-refractivity contribution in [3.8, 4) is 0 Å². The van der Waals surface area contributed by atoms with Crippen molar-refractivity contribution >= 4 is 29.0 Å². The highest BCUT2D eigenvalue weighted by molar-refractivity contribution is 5.94.